The van der Waals surface area contributed by atoms with Crippen LogP contribution in [0.15, 0.2) is 0 Å². The first kappa shape index (κ1) is 9.53. The standard InChI is InChI=1S/C9H17BrO/c1-8(2)9(6-10)4-3-5-11-7-9/h8H,3-7H2,1-2H3. The molecule has 1 unspecified atom stereocenters. The van der Waals surface area contributed by atoms with Crippen molar-refractivity contribution < 1.29 is 4.74 Å². The molecule has 0 N–H and O–H groups in total. The van der Waals surface area contributed by atoms with Gasteiger partial charge in [0, 0.05) is 17.4 Å². The van der Waals surface area contributed by atoms with Gasteiger partial charge in [-0.05, 0) is 18.8 Å². The number of halogens is 1. The minimum atomic E-state index is 0.415. The van der Waals surface area contributed by atoms with E-state index >= 15 is 0 Å². The van der Waals surface area contributed by atoms with Crippen LogP contribution in [0.4, 0.5) is 0 Å². The van der Waals surface area contributed by atoms with Gasteiger partial charge >= 0.3 is 0 Å². The Hall–Kier alpha value is 0.440. The van der Waals surface area contributed by atoms with Crippen LogP contribution in [-0.2, 0) is 4.74 Å². The van der Waals surface area contributed by atoms with E-state index in [0.717, 1.165) is 24.5 Å². The third kappa shape index (κ3) is 1.97. The number of rotatable bonds is 2. The van der Waals surface area contributed by atoms with Crippen molar-refractivity contribution in [3.8, 4) is 0 Å². The largest absolute Gasteiger partial charge is 0.381 e. The Balaban J connectivity index is 2.57. The minimum Gasteiger partial charge on any atom is -0.381 e. The van der Waals surface area contributed by atoms with Gasteiger partial charge in [-0.25, -0.2) is 0 Å². The van der Waals surface area contributed by atoms with Gasteiger partial charge in [-0.2, -0.15) is 0 Å². The predicted molar refractivity (Wildman–Crippen MR) is 51.1 cm³/mol. The van der Waals surface area contributed by atoms with Crippen molar-refractivity contribution in [2.45, 2.75) is 26.7 Å². The molecule has 1 aliphatic rings. The van der Waals surface area contributed by atoms with E-state index in [1.807, 2.05) is 0 Å². The van der Waals surface area contributed by atoms with Gasteiger partial charge in [0.2, 0.25) is 0 Å². The number of ether oxygens (including phenoxy) is 1. The SMILES string of the molecule is CC(C)C1(CBr)CCCOC1. The molecule has 0 aromatic heterocycles. The van der Waals surface area contributed by atoms with Crippen LogP contribution in [-0.4, -0.2) is 18.5 Å². The van der Waals surface area contributed by atoms with Crippen LogP contribution in [0.3, 0.4) is 0 Å². The van der Waals surface area contributed by atoms with Gasteiger partial charge in [0.25, 0.3) is 0 Å². The molecule has 0 bridgehead atoms. The third-order valence-corrected chi connectivity index (χ3v) is 3.96. The van der Waals surface area contributed by atoms with Crippen LogP contribution in [0.2, 0.25) is 0 Å². The van der Waals surface area contributed by atoms with Crippen molar-refractivity contribution in [3.63, 3.8) is 0 Å². The Morgan fingerprint density at radius 1 is 1.55 bits per heavy atom. The Labute approximate surface area is 77.6 Å². The number of alkyl halides is 1. The molecule has 0 aliphatic carbocycles. The summed E-state index contributed by atoms with van der Waals surface area (Å²) in [4.78, 5) is 0. The van der Waals surface area contributed by atoms with E-state index in [1.165, 1.54) is 12.8 Å². The second kappa shape index (κ2) is 3.90. The summed E-state index contributed by atoms with van der Waals surface area (Å²) >= 11 is 3.59. The monoisotopic (exact) mass is 220 g/mol. The maximum atomic E-state index is 5.51. The summed E-state index contributed by atoms with van der Waals surface area (Å²) in [5, 5.41) is 1.08. The van der Waals surface area contributed by atoms with Gasteiger partial charge in [-0.15, -0.1) is 0 Å². The molecule has 66 valence electrons. The zero-order valence-electron chi connectivity index (χ0n) is 7.40. The van der Waals surface area contributed by atoms with Crippen LogP contribution in [0.1, 0.15) is 26.7 Å². The summed E-state index contributed by atoms with van der Waals surface area (Å²) in [5.41, 5.74) is 0.415. The van der Waals surface area contributed by atoms with Crippen LogP contribution in [0, 0.1) is 11.3 Å². The van der Waals surface area contributed by atoms with E-state index in [0.29, 0.717) is 5.41 Å². The molecule has 0 amide bonds. The van der Waals surface area contributed by atoms with E-state index < -0.39 is 0 Å². The molecule has 1 rings (SSSR count). The zero-order chi connectivity index (χ0) is 8.32. The summed E-state index contributed by atoms with van der Waals surface area (Å²) < 4.78 is 5.51. The number of hydrogen-bond donors (Lipinski definition) is 0. The van der Waals surface area contributed by atoms with Gasteiger partial charge in [0.05, 0.1) is 6.61 Å². The molecule has 0 aromatic carbocycles. The van der Waals surface area contributed by atoms with Crippen molar-refractivity contribution >= 4 is 15.9 Å². The van der Waals surface area contributed by atoms with Crippen molar-refractivity contribution in [1.29, 1.82) is 0 Å². The Morgan fingerprint density at radius 3 is 2.55 bits per heavy atom. The van der Waals surface area contributed by atoms with Crippen LogP contribution in [0.5, 0.6) is 0 Å². The van der Waals surface area contributed by atoms with Crippen LogP contribution < -0.4 is 0 Å². The second-order valence-corrected chi connectivity index (χ2v) is 4.37. The van der Waals surface area contributed by atoms with Crippen molar-refractivity contribution in [1.82, 2.24) is 0 Å². The summed E-state index contributed by atoms with van der Waals surface area (Å²) in [5.74, 6) is 0.724. The first-order valence-corrected chi connectivity index (χ1v) is 5.47. The van der Waals surface area contributed by atoms with E-state index in [1.54, 1.807) is 0 Å². The lowest BCUT2D eigenvalue weighted by Gasteiger charge is -2.39. The summed E-state index contributed by atoms with van der Waals surface area (Å²) in [6.45, 7) is 6.48. The maximum Gasteiger partial charge on any atom is 0.0532 e. The molecular weight excluding hydrogens is 204 g/mol. The highest BCUT2D eigenvalue weighted by molar-refractivity contribution is 9.09. The fourth-order valence-corrected chi connectivity index (χ4v) is 2.68. The first-order chi connectivity index (χ1) is 5.21. The molecule has 0 spiro atoms. The molecule has 1 nitrogen and oxygen atoms in total. The van der Waals surface area contributed by atoms with Crippen molar-refractivity contribution in [3.05, 3.63) is 0 Å². The molecule has 1 heterocycles. The van der Waals surface area contributed by atoms with Gasteiger partial charge in [-0.1, -0.05) is 29.8 Å². The van der Waals surface area contributed by atoms with Gasteiger partial charge < -0.3 is 4.74 Å². The predicted octanol–water partition coefficient (Wildman–Crippen LogP) is 2.83. The van der Waals surface area contributed by atoms with Crippen molar-refractivity contribution in [2.75, 3.05) is 18.5 Å². The molecule has 2 heteroatoms. The highest BCUT2D eigenvalue weighted by Crippen LogP contribution is 2.37. The van der Waals surface area contributed by atoms with Crippen LogP contribution in [0.25, 0.3) is 0 Å². The lowest BCUT2D eigenvalue weighted by atomic mass is 9.75. The minimum absolute atomic E-state index is 0.415. The molecular formula is C9H17BrO. The molecule has 1 atom stereocenters. The van der Waals surface area contributed by atoms with Crippen LogP contribution >= 0.6 is 15.9 Å². The molecule has 0 radical (unpaired) electrons. The highest BCUT2D eigenvalue weighted by Gasteiger charge is 2.34. The summed E-state index contributed by atoms with van der Waals surface area (Å²) in [6.07, 6.45) is 2.54. The molecule has 1 saturated heterocycles. The molecule has 1 aliphatic heterocycles. The topological polar surface area (TPSA) is 9.23 Å². The fourth-order valence-electron chi connectivity index (χ4n) is 1.59. The normalized spacial score (nSPS) is 32.7. The average molecular weight is 221 g/mol. The summed E-state index contributed by atoms with van der Waals surface area (Å²) in [6, 6.07) is 0. The first-order valence-electron chi connectivity index (χ1n) is 4.35. The Morgan fingerprint density at radius 2 is 2.27 bits per heavy atom. The summed E-state index contributed by atoms with van der Waals surface area (Å²) in [7, 11) is 0. The molecule has 1 fully saturated rings. The third-order valence-electron chi connectivity index (χ3n) is 2.84. The Kier molecular flexibility index (Phi) is 3.38. The quantitative estimate of drug-likeness (QED) is 0.651. The lowest BCUT2D eigenvalue weighted by Crippen LogP contribution is -2.38. The number of hydrogen-bond acceptors (Lipinski definition) is 1. The van der Waals surface area contributed by atoms with Gasteiger partial charge in [0.1, 0.15) is 0 Å². The fraction of sp³-hybridized carbons (Fsp3) is 1.00. The molecule has 0 aromatic rings. The smallest absolute Gasteiger partial charge is 0.0532 e. The molecule has 0 saturated carbocycles. The average Bonchev–Trinajstić information content (AvgIpc) is 2.05. The van der Waals surface area contributed by atoms with Gasteiger partial charge in [0.15, 0.2) is 0 Å². The molecule has 11 heavy (non-hydrogen) atoms. The van der Waals surface area contributed by atoms with Gasteiger partial charge in [-0.3, -0.25) is 0 Å². The zero-order valence-corrected chi connectivity index (χ0v) is 8.99. The lowest BCUT2D eigenvalue weighted by molar-refractivity contribution is -0.0189. The maximum absolute atomic E-state index is 5.51. The van der Waals surface area contributed by atoms with E-state index in [-0.39, 0.29) is 0 Å². The van der Waals surface area contributed by atoms with E-state index in [9.17, 15) is 0 Å². The second-order valence-electron chi connectivity index (χ2n) is 3.81. The van der Waals surface area contributed by atoms with E-state index in [4.69, 9.17) is 4.74 Å². The Bertz CT molecular complexity index is 117. The van der Waals surface area contributed by atoms with Crippen molar-refractivity contribution in [2.24, 2.45) is 11.3 Å². The van der Waals surface area contributed by atoms with E-state index in [2.05, 4.69) is 29.8 Å². The highest BCUT2D eigenvalue weighted by atomic mass is 79.9.